The van der Waals surface area contributed by atoms with E-state index in [0.717, 1.165) is 12.8 Å². The molecule has 0 amide bonds. The van der Waals surface area contributed by atoms with E-state index in [4.69, 9.17) is 5.73 Å². The molecule has 21 heavy (non-hydrogen) atoms. The van der Waals surface area contributed by atoms with Crippen LogP contribution in [-0.2, 0) is 23.9 Å². The fourth-order valence-corrected chi connectivity index (χ4v) is 1.48. The van der Waals surface area contributed by atoms with Gasteiger partial charge in [0.05, 0.1) is 20.1 Å². The van der Waals surface area contributed by atoms with Crippen molar-refractivity contribution in [2.24, 2.45) is 11.7 Å². The molecule has 0 aromatic rings. The summed E-state index contributed by atoms with van der Waals surface area (Å²) in [6.45, 7) is 1.85. The number of rotatable bonds is 4. The minimum atomic E-state index is -0.361. The Kier molecular flexibility index (Phi) is 15.3. The molecule has 0 spiro atoms. The van der Waals surface area contributed by atoms with Gasteiger partial charge >= 0.3 is 11.9 Å². The Morgan fingerprint density at radius 2 is 1.71 bits per heavy atom. The molecule has 8 heteroatoms. The van der Waals surface area contributed by atoms with Crippen LogP contribution in [-0.4, -0.2) is 43.1 Å². The molecular weight excluding hydrogens is 314 g/mol. The molecule has 0 bridgehead atoms. The molecule has 1 saturated carbocycles. The monoisotopic (exact) mass is 339 g/mol. The third kappa shape index (κ3) is 14.0. The molecule has 0 aromatic carbocycles. The van der Waals surface area contributed by atoms with Gasteiger partial charge in [-0.25, -0.2) is 0 Å². The number of thiol groups is 2. The molecule has 0 aromatic heterocycles. The highest BCUT2D eigenvalue weighted by atomic mass is 32.1. The van der Waals surface area contributed by atoms with Crippen LogP contribution in [0.2, 0.25) is 0 Å². The quantitative estimate of drug-likeness (QED) is 0.527. The summed E-state index contributed by atoms with van der Waals surface area (Å²) in [6, 6.07) is 0. The summed E-state index contributed by atoms with van der Waals surface area (Å²) in [7, 11) is 2.78. The van der Waals surface area contributed by atoms with Gasteiger partial charge in [-0.1, -0.05) is 6.42 Å². The molecule has 1 atom stereocenters. The molecule has 1 aliphatic carbocycles. The maximum atomic E-state index is 10.6. The largest absolute Gasteiger partial charge is 0.469 e. The van der Waals surface area contributed by atoms with Crippen molar-refractivity contribution in [3.63, 3.8) is 0 Å². The van der Waals surface area contributed by atoms with Crippen molar-refractivity contribution in [3.05, 3.63) is 0 Å². The number of esters is 2. The van der Waals surface area contributed by atoms with Gasteiger partial charge in [0.15, 0.2) is 5.12 Å². The molecule has 6 nitrogen and oxygen atoms in total. The number of hydrogen-bond acceptors (Lipinski definition) is 7. The van der Waals surface area contributed by atoms with Gasteiger partial charge < -0.3 is 15.2 Å². The number of carbonyl (C=O) groups excluding carboxylic acids is 3. The van der Waals surface area contributed by atoms with Crippen molar-refractivity contribution in [2.75, 3.05) is 20.8 Å². The summed E-state index contributed by atoms with van der Waals surface area (Å²) in [4.78, 5) is 30.4. The summed E-state index contributed by atoms with van der Waals surface area (Å²) in [5.41, 5.74) is 5.17. The first-order chi connectivity index (χ1) is 9.79. The fourth-order valence-electron chi connectivity index (χ4n) is 1.22. The standard InChI is InChI=1S/C6H10O2.C5H11NO2S.C2H4OS/c1-8-6(7)5-3-2-4-5;1-8-5(7)4(9)2-3-6;1-2(3)4/h5H,2-4H2,1H3;4,9H,2-3,6H2,1H3;1H3,(H,3,4). The first-order valence-corrected chi connectivity index (χ1v) is 7.49. The van der Waals surface area contributed by atoms with Gasteiger partial charge in [0.25, 0.3) is 0 Å². The maximum absolute atomic E-state index is 10.6. The smallest absolute Gasteiger partial charge is 0.318 e. The average Bonchev–Trinajstić information content (AvgIpc) is 2.36. The Labute approximate surface area is 136 Å². The minimum absolute atomic E-state index is 0.0312. The highest BCUT2D eigenvalue weighted by Crippen LogP contribution is 2.26. The van der Waals surface area contributed by atoms with Crippen LogP contribution >= 0.6 is 25.3 Å². The van der Waals surface area contributed by atoms with Gasteiger partial charge in [-0.15, -0.1) is 12.6 Å². The molecule has 0 heterocycles. The summed E-state index contributed by atoms with van der Waals surface area (Å²) in [5.74, 6) is -0.111. The van der Waals surface area contributed by atoms with Crippen molar-refractivity contribution < 1.29 is 23.9 Å². The van der Waals surface area contributed by atoms with Gasteiger partial charge in [0.2, 0.25) is 0 Å². The molecule has 1 aliphatic rings. The van der Waals surface area contributed by atoms with Crippen LogP contribution in [0.3, 0.4) is 0 Å². The van der Waals surface area contributed by atoms with E-state index in [1.807, 2.05) is 0 Å². The Morgan fingerprint density at radius 3 is 1.90 bits per heavy atom. The SMILES string of the molecule is CC(=O)S.COC(=O)C(S)CCN.COC(=O)C1CCC1. The van der Waals surface area contributed by atoms with Crippen molar-refractivity contribution in [3.8, 4) is 0 Å². The van der Waals surface area contributed by atoms with Gasteiger partial charge in [-0.05, 0) is 25.8 Å². The van der Waals surface area contributed by atoms with E-state index in [2.05, 4.69) is 34.7 Å². The number of carbonyl (C=O) groups is 3. The second kappa shape index (κ2) is 14.2. The first-order valence-electron chi connectivity index (χ1n) is 6.53. The fraction of sp³-hybridized carbons (Fsp3) is 0.769. The first kappa shape index (κ1) is 22.5. The molecule has 0 aliphatic heterocycles. The normalized spacial score (nSPS) is 14.2. The van der Waals surface area contributed by atoms with E-state index in [-0.39, 0.29) is 28.2 Å². The maximum Gasteiger partial charge on any atom is 0.318 e. The predicted octanol–water partition coefficient (Wildman–Crippen LogP) is 1.23. The molecule has 0 radical (unpaired) electrons. The van der Waals surface area contributed by atoms with Gasteiger partial charge in [0, 0.05) is 6.92 Å². The van der Waals surface area contributed by atoms with E-state index >= 15 is 0 Å². The summed E-state index contributed by atoms with van der Waals surface area (Å²) in [5, 5.41) is -0.500. The van der Waals surface area contributed by atoms with Gasteiger partial charge in [-0.2, -0.15) is 12.6 Å². The topological polar surface area (TPSA) is 95.7 Å². The Hall–Kier alpha value is -0.730. The van der Waals surface area contributed by atoms with Crippen molar-refractivity contribution >= 4 is 42.3 Å². The summed E-state index contributed by atoms with van der Waals surface area (Å²) in [6.07, 6.45) is 3.83. The van der Waals surface area contributed by atoms with Crippen molar-refractivity contribution in [1.82, 2.24) is 0 Å². The highest BCUT2D eigenvalue weighted by Gasteiger charge is 2.25. The van der Waals surface area contributed by atoms with Gasteiger partial charge in [-0.3, -0.25) is 14.4 Å². The number of nitrogens with two attached hydrogens (primary N) is 1. The van der Waals surface area contributed by atoms with Crippen LogP contribution in [0.1, 0.15) is 32.6 Å². The van der Waals surface area contributed by atoms with Crippen LogP contribution in [0.25, 0.3) is 0 Å². The molecule has 0 saturated heterocycles. The van der Waals surface area contributed by atoms with E-state index < -0.39 is 0 Å². The molecule has 1 rings (SSSR count). The third-order valence-corrected chi connectivity index (χ3v) is 3.02. The van der Waals surface area contributed by atoms with E-state index in [1.165, 1.54) is 27.6 Å². The second-order valence-corrected chi connectivity index (χ2v) is 5.54. The second-order valence-electron chi connectivity index (χ2n) is 4.29. The van der Waals surface area contributed by atoms with Crippen LogP contribution in [0, 0.1) is 5.92 Å². The zero-order chi connectivity index (χ0) is 16.8. The lowest BCUT2D eigenvalue weighted by Crippen LogP contribution is -2.22. The Bertz CT molecular complexity index is 318. The number of ether oxygens (including phenoxy) is 2. The Morgan fingerprint density at radius 1 is 1.24 bits per heavy atom. The molecule has 1 fully saturated rings. The third-order valence-electron chi connectivity index (χ3n) is 2.55. The van der Waals surface area contributed by atoms with Crippen LogP contribution < -0.4 is 5.73 Å². The predicted molar refractivity (Wildman–Crippen MR) is 87.5 cm³/mol. The molecule has 124 valence electrons. The lowest BCUT2D eigenvalue weighted by Gasteiger charge is -2.21. The minimum Gasteiger partial charge on any atom is -0.469 e. The van der Waals surface area contributed by atoms with E-state index in [0.29, 0.717) is 13.0 Å². The zero-order valence-electron chi connectivity index (χ0n) is 12.7. The lowest BCUT2D eigenvalue weighted by molar-refractivity contribution is -0.148. The van der Waals surface area contributed by atoms with Crippen LogP contribution in [0.15, 0.2) is 0 Å². The van der Waals surface area contributed by atoms with Gasteiger partial charge in [0.1, 0.15) is 5.25 Å². The molecule has 1 unspecified atom stereocenters. The van der Waals surface area contributed by atoms with Crippen molar-refractivity contribution in [2.45, 2.75) is 37.9 Å². The van der Waals surface area contributed by atoms with Crippen LogP contribution in [0.5, 0.6) is 0 Å². The summed E-state index contributed by atoms with van der Waals surface area (Å²) < 4.78 is 8.91. The van der Waals surface area contributed by atoms with E-state index in [9.17, 15) is 14.4 Å². The average molecular weight is 339 g/mol. The van der Waals surface area contributed by atoms with Crippen LogP contribution in [0.4, 0.5) is 0 Å². The lowest BCUT2D eigenvalue weighted by atomic mass is 9.86. The number of hydrogen-bond donors (Lipinski definition) is 3. The molecule has 2 N–H and O–H groups in total. The summed E-state index contributed by atoms with van der Waals surface area (Å²) >= 11 is 7.26. The van der Waals surface area contributed by atoms with E-state index in [1.54, 1.807) is 0 Å². The number of methoxy groups -OCH3 is 2. The Balaban J connectivity index is 0. The molecular formula is C13H25NO5S2. The highest BCUT2D eigenvalue weighted by molar-refractivity contribution is 7.96. The van der Waals surface area contributed by atoms with Crippen molar-refractivity contribution in [1.29, 1.82) is 0 Å². The zero-order valence-corrected chi connectivity index (χ0v) is 14.5.